The molecule has 0 spiro atoms. The molecule has 0 aliphatic carbocycles. The second kappa shape index (κ2) is 13.8. The van der Waals surface area contributed by atoms with Crippen LogP contribution in [0.2, 0.25) is 0 Å². The first kappa shape index (κ1) is 26.6. The Morgan fingerprint density at radius 2 is 1.94 bits per heavy atom. The average molecular weight is 480 g/mol. The van der Waals surface area contributed by atoms with Crippen LogP contribution in [0.5, 0.6) is 0 Å². The molecule has 35 heavy (non-hydrogen) atoms. The largest absolute Gasteiger partial charge is 0.395 e. The fourth-order valence-electron chi connectivity index (χ4n) is 4.38. The lowest BCUT2D eigenvalue weighted by atomic mass is 9.96. The van der Waals surface area contributed by atoms with Crippen LogP contribution >= 0.6 is 0 Å². The molecule has 188 valence electrons. The molecule has 0 unspecified atom stereocenters. The van der Waals surface area contributed by atoms with Gasteiger partial charge in [0.25, 0.3) is 0 Å². The molecular formula is C28H37N3O4. The van der Waals surface area contributed by atoms with Crippen LogP contribution in [-0.2, 0) is 20.9 Å². The molecule has 1 heterocycles. The van der Waals surface area contributed by atoms with Gasteiger partial charge < -0.3 is 25.4 Å². The van der Waals surface area contributed by atoms with Gasteiger partial charge in [0.1, 0.15) is 0 Å². The van der Waals surface area contributed by atoms with E-state index in [0.717, 1.165) is 36.2 Å². The number of carbonyl (C=O) groups is 2. The molecular weight excluding hydrogens is 442 g/mol. The Labute approximate surface area is 208 Å². The number of amides is 2. The van der Waals surface area contributed by atoms with Crippen molar-refractivity contribution in [2.45, 2.75) is 44.9 Å². The smallest absolute Gasteiger partial charge is 0.241 e. The van der Waals surface area contributed by atoms with Crippen LogP contribution < -0.4 is 10.6 Å². The van der Waals surface area contributed by atoms with E-state index in [1.807, 2.05) is 73.7 Å². The predicted molar refractivity (Wildman–Crippen MR) is 138 cm³/mol. The Hall–Kier alpha value is -3.00. The Balaban J connectivity index is 1.54. The SMILES string of the molecule is CO[C@H](c1ccc(NC(=O)[C@H]2CCCN2)cc1)[C@H](C)/C=C/CC(=O)N(CCO)Cc1ccccc1. The first-order valence-corrected chi connectivity index (χ1v) is 12.3. The third kappa shape index (κ3) is 8.02. The van der Waals surface area contributed by atoms with E-state index < -0.39 is 0 Å². The number of nitrogens with zero attached hydrogens (tertiary/aromatic N) is 1. The summed E-state index contributed by atoms with van der Waals surface area (Å²) >= 11 is 0. The highest BCUT2D eigenvalue weighted by Crippen LogP contribution is 2.28. The fraction of sp³-hybridized carbons (Fsp3) is 0.429. The molecule has 1 aliphatic heterocycles. The first-order chi connectivity index (χ1) is 17.0. The number of rotatable bonds is 12. The highest BCUT2D eigenvalue weighted by molar-refractivity contribution is 5.95. The summed E-state index contributed by atoms with van der Waals surface area (Å²) in [6, 6.07) is 17.4. The van der Waals surface area contributed by atoms with Crippen LogP contribution in [-0.4, -0.2) is 54.7 Å². The maximum atomic E-state index is 12.7. The minimum absolute atomic E-state index is 0.00187. The van der Waals surface area contributed by atoms with Gasteiger partial charge in [0.05, 0.1) is 18.8 Å². The molecule has 2 amide bonds. The topological polar surface area (TPSA) is 90.9 Å². The molecule has 2 aromatic rings. The zero-order valence-corrected chi connectivity index (χ0v) is 20.7. The molecule has 3 rings (SSSR count). The van der Waals surface area contributed by atoms with Crippen molar-refractivity contribution in [3.05, 3.63) is 77.9 Å². The van der Waals surface area contributed by atoms with E-state index in [0.29, 0.717) is 13.1 Å². The molecule has 0 bridgehead atoms. The predicted octanol–water partition coefficient (Wildman–Crippen LogP) is 3.67. The maximum Gasteiger partial charge on any atom is 0.241 e. The van der Waals surface area contributed by atoms with Gasteiger partial charge in [0, 0.05) is 38.2 Å². The lowest BCUT2D eigenvalue weighted by molar-refractivity contribution is -0.131. The van der Waals surface area contributed by atoms with Crippen molar-refractivity contribution in [1.82, 2.24) is 10.2 Å². The van der Waals surface area contributed by atoms with E-state index in [1.165, 1.54) is 0 Å². The summed E-state index contributed by atoms with van der Waals surface area (Å²) in [6.45, 7) is 3.64. The number of methoxy groups -OCH3 is 1. The summed E-state index contributed by atoms with van der Waals surface area (Å²) in [5.41, 5.74) is 2.79. The molecule has 7 heteroatoms. The van der Waals surface area contributed by atoms with Gasteiger partial charge in [-0.25, -0.2) is 0 Å². The second-order valence-corrected chi connectivity index (χ2v) is 8.93. The van der Waals surface area contributed by atoms with Crippen LogP contribution in [0.25, 0.3) is 0 Å². The average Bonchev–Trinajstić information content (AvgIpc) is 3.41. The summed E-state index contributed by atoms with van der Waals surface area (Å²) in [5, 5.41) is 15.5. The highest BCUT2D eigenvalue weighted by Gasteiger charge is 2.22. The fourth-order valence-corrected chi connectivity index (χ4v) is 4.38. The molecule has 2 aromatic carbocycles. The van der Waals surface area contributed by atoms with Gasteiger partial charge in [-0.05, 0) is 42.6 Å². The van der Waals surface area contributed by atoms with Crippen molar-refractivity contribution in [3.63, 3.8) is 0 Å². The van der Waals surface area contributed by atoms with E-state index in [4.69, 9.17) is 4.74 Å². The molecule has 3 N–H and O–H groups in total. The van der Waals surface area contributed by atoms with Gasteiger partial charge >= 0.3 is 0 Å². The number of aliphatic hydroxyl groups is 1. The van der Waals surface area contributed by atoms with Crippen LogP contribution in [0.1, 0.15) is 43.4 Å². The number of carbonyl (C=O) groups excluding carboxylic acids is 2. The Morgan fingerprint density at radius 3 is 2.57 bits per heavy atom. The van der Waals surface area contributed by atoms with Gasteiger partial charge in [-0.1, -0.05) is 61.5 Å². The third-order valence-corrected chi connectivity index (χ3v) is 6.29. The standard InChI is InChI=1S/C28H37N3O4/c1-21(8-6-12-26(33)31(18-19-32)20-22-9-4-3-5-10-22)27(35-2)23-13-15-24(16-14-23)30-28(34)25-11-7-17-29-25/h3-6,8-10,13-16,21,25,27,29,32H,7,11-12,17-20H2,1-2H3,(H,30,34)/b8-6+/t21-,25-,27+/m1/s1. The number of nitrogens with one attached hydrogen (secondary N) is 2. The van der Waals surface area contributed by atoms with Gasteiger partial charge in [0.2, 0.25) is 11.8 Å². The maximum absolute atomic E-state index is 12.7. The quantitative estimate of drug-likeness (QED) is 0.404. The number of hydrogen-bond donors (Lipinski definition) is 3. The molecule has 1 fully saturated rings. The van der Waals surface area contributed by atoms with Crippen LogP contribution in [0, 0.1) is 5.92 Å². The minimum atomic E-state index is -0.180. The molecule has 7 nitrogen and oxygen atoms in total. The monoisotopic (exact) mass is 479 g/mol. The van der Waals surface area contributed by atoms with Gasteiger partial charge in [-0.15, -0.1) is 0 Å². The van der Waals surface area contributed by atoms with Crippen LogP contribution in [0.15, 0.2) is 66.7 Å². The van der Waals surface area contributed by atoms with Gasteiger partial charge in [0.15, 0.2) is 0 Å². The number of anilines is 1. The Kier molecular flexibility index (Phi) is 10.5. The van der Waals surface area contributed by atoms with E-state index >= 15 is 0 Å². The molecule has 0 aromatic heterocycles. The number of aliphatic hydroxyl groups excluding tert-OH is 1. The highest BCUT2D eigenvalue weighted by atomic mass is 16.5. The number of benzene rings is 2. The molecule has 3 atom stereocenters. The summed E-state index contributed by atoms with van der Waals surface area (Å²) in [6.07, 6.45) is 5.83. The van der Waals surface area contributed by atoms with Crippen molar-refractivity contribution >= 4 is 17.5 Å². The third-order valence-electron chi connectivity index (χ3n) is 6.29. The van der Waals surface area contributed by atoms with Gasteiger partial charge in [-0.2, -0.15) is 0 Å². The molecule has 0 radical (unpaired) electrons. The van der Waals surface area contributed by atoms with E-state index in [9.17, 15) is 14.7 Å². The van der Waals surface area contributed by atoms with Crippen molar-refractivity contribution in [2.75, 3.05) is 32.1 Å². The van der Waals surface area contributed by atoms with E-state index in [2.05, 4.69) is 10.6 Å². The zero-order chi connectivity index (χ0) is 25.0. The number of ether oxygens (including phenoxy) is 1. The first-order valence-electron chi connectivity index (χ1n) is 12.3. The van der Waals surface area contributed by atoms with E-state index in [1.54, 1.807) is 12.0 Å². The van der Waals surface area contributed by atoms with Crippen molar-refractivity contribution < 1.29 is 19.4 Å². The molecule has 0 saturated carbocycles. The molecule has 1 saturated heterocycles. The van der Waals surface area contributed by atoms with Crippen molar-refractivity contribution in [1.29, 1.82) is 0 Å². The van der Waals surface area contributed by atoms with Crippen LogP contribution in [0.4, 0.5) is 5.69 Å². The summed E-state index contributed by atoms with van der Waals surface area (Å²) in [4.78, 5) is 26.7. The van der Waals surface area contributed by atoms with Gasteiger partial charge in [-0.3, -0.25) is 9.59 Å². The second-order valence-electron chi connectivity index (χ2n) is 8.93. The Morgan fingerprint density at radius 1 is 1.20 bits per heavy atom. The van der Waals surface area contributed by atoms with Crippen LogP contribution in [0.3, 0.4) is 0 Å². The lowest BCUT2D eigenvalue weighted by Crippen LogP contribution is -2.35. The lowest BCUT2D eigenvalue weighted by Gasteiger charge is -2.22. The van der Waals surface area contributed by atoms with E-state index in [-0.39, 0.29) is 42.9 Å². The zero-order valence-electron chi connectivity index (χ0n) is 20.7. The minimum Gasteiger partial charge on any atom is -0.395 e. The Bertz CT molecular complexity index is 956. The van der Waals surface area contributed by atoms with Crippen molar-refractivity contribution in [2.24, 2.45) is 5.92 Å². The summed E-state index contributed by atoms with van der Waals surface area (Å²) in [7, 11) is 1.67. The molecule has 1 aliphatic rings. The summed E-state index contributed by atoms with van der Waals surface area (Å²) in [5.74, 6) is 0.00975. The van der Waals surface area contributed by atoms with Crippen molar-refractivity contribution in [3.8, 4) is 0 Å². The summed E-state index contributed by atoms with van der Waals surface area (Å²) < 4.78 is 5.75. The normalized spacial score (nSPS) is 17.3. The number of hydrogen-bond acceptors (Lipinski definition) is 5.